The van der Waals surface area contributed by atoms with Gasteiger partial charge in [-0.05, 0) is 18.2 Å². The molecule has 0 bridgehead atoms. The first-order valence-corrected chi connectivity index (χ1v) is 6.74. The number of hydrogen-bond donors (Lipinski definition) is 0. The van der Waals surface area contributed by atoms with Gasteiger partial charge in [0, 0.05) is 12.1 Å². The molecule has 2 heterocycles. The van der Waals surface area contributed by atoms with Crippen LogP contribution in [0.4, 0.5) is 0 Å². The lowest BCUT2D eigenvalue weighted by atomic mass is 10.2. The smallest absolute Gasteiger partial charge is 0.217 e. The SMILES string of the molecule is C=CCc1cccc(CC=C)[o+]1.c1cc[s+]cc1. The van der Waals surface area contributed by atoms with E-state index >= 15 is 0 Å². The Morgan fingerprint density at radius 1 is 0.889 bits per heavy atom. The Morgan fingerprint density at radius 3 is 1.78 bits per heavy atom. The highest BCUT2D eigenvalue weighted by Gasteiger charge is 2.08. The summed E-state index contributed by atoms with van der Waals surface area (Å²) in [6.45, 7) is 7.30. The first-order valence-electron chi connectivity index (χ1n) is 5.80. The van der Waals surface area contributed by atoms with Crippen molar-refractivity contribution < 1.29 is 4.42 Å². The second kappa shape index (κ2) is 9.25. The van der Waals surface area contributed by atoms with E-state index < -0.39 is 0 Å². The predicted molar refractivity (Wildman–Crippen MR) is 79.6 cm³/mol. The van der Waals surface area contributed by atoms with E-state index in [-0.39, 0.29) is 0 Å². The molecule has 92 valence electrons. The van der Waals surface area contributed by atoms with Crippen molar-refractivity contribution in [2.24, 2.45) is 0 Å². The summed E-state index contributed by atoms with van der Waals surface area (Å²) in [5.74, 6) is 1.90. The van der Waals surface area contributed by atoms with Crippen molar-refractivity contribution >= 4 is 11.3 Å². The van der Waals surface area contributed by atoms with Crippen LogP contribution < -0.4 is 0 Å². The van der Waals surface area contributed by atoms with Crippen LogP contribution in [0.5, 0.6) is 0 Å². The van der Waals surface area contributed by atoms with Gasteiger partial charge in [-0.1, -0.05) is 18.2 Å². The molecule has 0 radical (unpaired) electrons. The Labute approximate surface area is 113 Å². The van der Waals surface area contributed by atoms with Gasteiger partial charge < -0.3 is 0 Å². The van der Waals surface area contributed by atoms with E-state index in [9.17, 15) is 0 Å². The zero-order chi connectivity index (χ0) is 13.1. The molecular formula is C16H18OS+2. The molecule has 0 spiro atoms. The van der Waals surface area contributed by atoms with Gasteiger partial charge in [-0.3, -0.25) is 0 Å². The van der Waals surface area contributed by atoms with E-state index in [1.165, 1.54) is 0 Å². The monoisotopic (exact) mass is 258 g/mol. The lowest BCUT2D eigenvalue weighted by Crippen LogP contribution is -1.84. The summed E-state index contributed by atoms with van der Waals surface area (Å²) in [7, 11) is 0. The van der Waals surface area contributed by atoms with Crippen LogP contribution in [0.1, 0.15) is 11.5 Å². The first kappa shape index (κ1) is 14.3. The highest BCUT2D eigenvalue weighted by molar-refractivity contribution is 7.07. The maximum absolute atomic E-state index is 5.52. The minimum Gasteiger partial charge on any atom is -0.217 e. The van der Waals surface area contributed by atoms with Gasteiger partial charge in [0.05, 0.1) is 12.8 Å². The van der Waals surface area contributed by atoms with E-state index in [0.29, 0.717) is 0 Å². The van der Waals surface area contributed by atoms with Crippen LogP contribution in [0.3, 0.4) is 0 Å². The Morgan fingerprint density at radius 2 is 1.44 bits per heavy atom. The van der Waals surface area contributed by atoms with Crippen molar-refractivity contribution in [3.05, 3.63) is 84.0 Å². The Balaban J connectivity index is 0.000000225. The summed E-state index contributed by atoms with van der Waals surface area (Å²) in [6.07, 6.45) is 5.23. The van der Waals surface area contributed by atoms with Gasteiger partial charge in [-0.2, -0.15) is 0 Å². The molecule has 0 saturated carbocycles. The average molecular weight is 258 g/mol. The van der Waals surface area contributed by atoms with Crippen LogP contribution >= 0.6 is 11.3 Å². The zero-order valence-electron chi connectivity index (χ0n) is 10.4. The standard InChI is InChI=1S/C11H13O.C5H5S/c1-3-6-10-8-5-9-11(12-10)7-4-2;1-2-4-6-5-3-1/h3-5,8-9H,1-2,6-7H2;1-5H/q2*+1. The molecule has 0 unspecified atom stereocenters. The fraction of sp³-hybridized carbons (Fsp3) is 0.125. The van der Waals surface area contributed by atoms with Crippen LogP contribution in [0, 0.1) is 0 Å². The summed E-state index contributed by atoms with van der Waals surface area (Å²) < 4.78 is 5.52. The van der Waals surface area contributed by atoms with Gasteiger partial charge in [0.2, 0.25) is 11.3 Å². The number of hydrogen-bond acceptors (Lipinski definition) is 0. The highest BCUT2D eigenvalue weighted by Crippen LogP contribution is 2.07. The largest absolute Gasteiger partial charge is 0.333 e. The molecule has 2 aromatic rings. The quantitative estimate of drug-likeness (QED) is 0.552. The summed E-state index contributed by atoms with van der Waals surface area (Å²) in [5, 5.41) is 4.08. The normalized spacial score (nSPS) is 8.89. The van der Waals surface area contributed by atoms with Gasteiger partial charge in [-0.25, -0.2) is 4.42 Å². The number of allylic oxidation sites excluding steroid dienone is 2. The van der Waals surface area contributed by atoms with Crippen molar-refractivity contribution in [1.29, 1.82) is 0 Å². The molecular weight excluding hydrogens is 240 g/mol. The zero-order valence-corrected chi connectivity index (χ0v) is 11.2. The molecule has 0 saturated heterocycles. The van der Waals surface area contributed by atoms with Gasteiger partial charge in [0.25, 0.3) is 0 Å². The van der Waals surface area contributed by atoms with E-state index in [1.54, 1.807) is 11.3 Å². The fourth-order valence-electron chi connectivity index (χ4n) is 1.29. The molecule has 0 aliphatic heterocycles. The topological polar surface area (TPSA) is 11.3 Å². The summed E-state index contributed by atoms with van der Waals surface area (Å²) in [5.41, 5.74) is 0. The third-order valence-corrected chi connectivity index (χ3v) is 2.68. The van der Waals surface area contributed by atoms with Gasteiger partial charge in [-0.15, -0.1) is 13.2 Å². The molecule has 18 heavy (non-hydrogen) atoms. The highest BCUT2D eigenvalue weighted by atomic mass is 32.1. The molecule has 2 heteroatoms. The summed E-state index contributed by atoms with van der Waals surface area (Å²) in [4.78, 5) is 0. The first-order chi connectivity index (χ1) is 8.86. The third kappa shape index (κ3) is 6.06. The molecule has 0 aromatic carbocycles. The average Bonchev–Trinajstić information content (AvgIpc) is 2.43. The second-order valence-corrected chi connectivity index (χ2v) is 4.35. The minimum absolute atomic E-state index is 0.783. The molecule has 0 atom stereocenters. The van der Waals surface area contributed by atoms with E-state index in [2.05, 4.69) is 13.2 Å². The van der Waals surface area contributed by atoms with E-state index in [4.69, 9.17) is 4.42 Å². The van der Waals surface area contributed by atoms with Crippen LogP contribution in [-0.4, -0.2) is 0 Å². The molecule has 1 nitrogen and oxygen atoms in total. The maximum Gasteiger partial charge on any atom is 0.333 e. The second-order valence-electron chi connectivity index (χ2n) is 3.53. The van der Waals surface area contributed by atoms with Crippen molar-refractivity contribution in [3.63, 3.8) is 0 Å². The van der Waals surface area contributed by atoms with Gasteiger partial charge >= 0.3 is 11.5 Å². The van der Waals surface area contributed by atoms with Crippen molar-refractivity contribution in [1.82, 2.24) is 0 Å². The van der Waals surface area contributed by atoms with E-state index in [1.807, 2.05) is 59.3 Å². The van der Waals surface area contributed by atoms with Crippen molar-refractivity contribution in [2.75, 3.05) is 0 Å². The summed E-state index contributed by atoms with van der Waals surface area (Å²) in [6, 6.07) is 11.9. The predicted octanol–water partition coefficient (Wildman–Crippen LogP) is 5.05. The number of rotatable bonds is 4. The molecule has 0 aliphatic rings. The summed E-state index contributed by atoms with van der Waals surface area (Å²) >= 11 is 1.70. The molecule has 2 aromatic heterocycles. The maximum atomic E-state index is 5.52. The van der Waals surface area contributed by atoms with Crippen LogP contribution in [-0.2, 0) is 12.8 Å². The molecule has 0 amide bonds. The van der Waals surface area contributed by atoms with Crippen LogP contribution in [0.2, 0.25) is 0 Å². The fourth-order valence-corrected chi connectivity index (χ4v) is 1.75. The Hall–Kier alpha value is -1.80. The van der Waals surface area contributed by atoms with Crippen LogP contribution in [0.15, 0.2) is 76.9 Å². The van der Waals surface area contributed by atoms with Crippen molar-refractivity contribution in [3.8, 4) is 0 Å². The molecule has 0 fully saturated rings. The van der Waals surface area contributed by atoms with Crippen molar-refractivity contribution in [2.45, 2.75) is 12.8 Å². The Bertz CT molecular complexity index is 414. The lowest BCUT2D eigenvalue weighted by Gasteiger charge is -1.85. The van der Waals surface area contributed by atoms with Gasteiger partial charge in [0.1, 0.15) is 0 Å². The van der Waals surface area contributed by atoms with Gasteiger partial charge in [0.15, 0.2) is 10.8 Å². The molecule has 2 rings (SSSR count). The molecule has 0 aliphatic carbocycles. The minimum atomic E-state index is 0.783. The Kier molecular flexibility index (Phi) is 7.33. The van der Waals surface area contributed by atoms with E-state index in [0.717, 1.165) is 24.4 Å². The third-order valence-electron chi connectivity index (χ3n) is 2.05. The molecule has 0 N–H and O–H groups in total. The lowest BCUT2D eigenvalue weighted by molar-refractivity contribution is 0.467. The van der Waals surface area contributed by atoms with Crippen LogP contribution in [0.25, 0.3) is 0 Å².